The Hall–Kier alpha value is -4.68. The predicted molar refractivity (Wildman–Crippen MR) is 168 cm³/mol. The highest BCUT2D eigenvalue weighted by Gasteiger charge is 2.45. The van der Waals surface area contributed by atoms with E-state index in [1.807, 2.05) is 0 Å². The second-order valence-corrected chi connectivity index (χ2v) is 11.3. The molecule has 8 rings (SSSR count). The summed E-state index contributed by atoms with van der Waals surface area (Å²) >= 11 is 0. The molecule has 0 spiro atoms. The zero-order valence-electron chi connectivity index (χ0n) is 23.0. The van der Waals surface area contributed by atoms with Gasteiger partial charge < -0.3 is 0 Å². The minimum absolute atomic E-state index is 0.160. The summed E-state index contributed by atoms with van der Waals surface area (Å²) in [6.45, 7) is 4.61. The molecule has 0 N–H and O–H groups in total. The lowest BCUT2D eigenvalue weighted by atomic mass is 9.68. The van der Waals surface area contributed by atoms with Crippen LogP contribution in [0.4, 0.5) is 0 Å². The smallest absolute Gasteiger partial charge is 0.0622 e. The third-order valence-corrected chi connectivity index (χ3v) is 8.86. The van der Waals surface area contributed by atoms with Gasteiger partial charge in [0.2, 0.25) is 0 Å². The quantitative estimate of drug-likeness (QED) is 0.216. The number of fused-ring (bicyclic) bond motifs is 6. The van der Waals surface area contributed by atoms with Crippen LogP contribution >= 0.6 is 0 Å². The van der Waals surface area contributed by atoms with Crippen LogP contribution in [0.25, 0.3) is 22.3 Å². The van der Waals surface area contributed by atoms with Crippen LogP contribution in [0, 0.1) is 0 Å². The molecule has 2 aliphatic rings. The molecule has 192 valence electrons. The Balaban J connectivity index is 0.000000150. The maximum absolute atomic E-state index is 2.30. The number of hydrogen-bond acceptors (Lipinski definition) is 0. The van der Waals surface area contributed by atoms with Crippen LogP contribution in [0.5, 0.6) is 0 Å². The molecule has 0 fully saturated rings. The predicted octanol–water partition coefficient (Wildman–Crippen LogP) is 10.0. The molecular formula is C40H32. The summed E-state index contributed by atoms with van der Waals surface area (Å²) in [5.74, 6) is 0. The summed E-state index contributed by atoms with van der Waals surface area (Å²) in [7, 11) is 0. The van der Waals surface area contributed by atoms with Crippen molar-refractivity contribution < 1.29 is 0 Å². The molecule has 0 aromatic heterocycles. The first-order chi connectivity index (χ1) is 19.6. The summed E-state index contributed by atoms with van der Waals surface area (Å²) < 4.78 is 0. The molecule has 0 saturated carbocycles. The van der Waals surface area contributed by atoms with E-state index >= 15 is 0 Å². The van der Waals surface area contributed by atoms with Crippen molar-refractivity contribution in [1.29, 1.82) is 0 Å². The molecule has 0 nitrogen and oxygen atoms in total. The highest BCUT2D eigenvalue weighted by Crippen LogP contribution is 2.55. The van der Waals surface area contributed by atoms with Gasteiger partial charge in [-0.25, -0.2) is 0 Å². The lowest BCUT2D eigenvalue weighted by molar-refractivity contribution is 0.660. The number of hydrogen-bond donors (Lipinski definition) is 0. The lowest BCUT2D eigenvalue weighted by Crippen LogP contribution is -2.28. The standard InChI is InChI=1S/C25H18.C15H14/c1-3-11-19(12-4-1)25(20-13-5-2-6-14-20)23-17-9-7-15-21(23)22-16-8-10-18-24(22)25;1-15(2)13-9-5-3-7-11(13)12-8-4-6-10-14(12)15/h1-18H;3-10H,1-2H3. The Bertz CT molecular complexity index is 1670. The van der Waals surface area contributed by atoms with E-state index < -0.39 is 0 Å². The van der Waals surface area contributed by atoms with E-state index in [-0.39, 0.29) is 10.8 Å². The maximum Gasteiger partial charge on any atom is 0.0713 e. The van der Waals surface area contributed by atoms with Crippen molar-refractivity contribution in [2.75, 3.05) is 0 Å². The van der Waals surface area contributed by atoms with Crippen LogP contribution in [0.3, 0.4) is 0 Å². The molecule has 0 aliphatic heterocycles. The van der Waals surface area contributed by atoms with Crippen molar-refractivity contribution in [3.63, 3.8) is 0 Å². The molecule has 40 heavy (non-hydrogen) atoms. The third kappa shape index (κ3) is 3.53. The van der Waals surface area contributed by atoms with Gasteiger partial charge in [0.25, 0.3) is 0 Å². The van der Waals surface area contributed by atoms with Gasteiger partial charge in [-0.3, -0.25) is 0 Å². The molecular weight excluding hydrogens is 480 g/mol. The van der Waals surface area contributed by atoms with Gasteiger partial charge in [0.05, 0.1) is 5.41 Å². The van der Waals surface area contributed by atoms with Crippen LogP contribution in [0.15, 0.2) is 158 Å². The molecule has 0 unspecified atom stereocenters. The Labute approximate surface area is 237 Å². The Morgan fingerprint density at radius 2 is 0.575 bits per heavy atom. The van der Waals surface area contributed by atoms with Crippen molar-refractivity contribution in [3.05, 3.63) is 191 Å². The molecule has 0 heterocycles. The van der Waals surface area contributed by atoms with Crippen LogP contribution in [-0.4, -0.2) is 0 Å². The first-order valence-corrected chi connectivity index (χ1v) is 14.1. The fraction of sp³-hybridized carbons (Fsp3) is 0.100. The van der Waals surface area contributed by atoms with E-state index in [0.717, 1.165) is 0 Å². The highest BCUT2D eigenvalue weighted by atomic mass is 14.5. The van der Waals surface area contributed by atoms with Gasteiger partial charge in [0, 0.05) is 5.41 Å². The Morgan fingerprint density at radius 1 is 0.300 bits per heavy atom. The summed E-state index contributed by atoms with van der Waals surface area (Å²) in [5.41, 5.74) is 13.7. The summed E-state index contributed by atoms with van der Waals surface area (Å²) in [4.78, 5) is 0. The van der Waals surface area contributed by atoms with Crippen LogP contribution in [0.1, 0.15) is 47.2 Å². The first-order valence-electron chi connectivity index (χ1n) is 14.1. The van der Waals surface area contributed by atoms with E-state index in [1.165, 1.54) is 55.6 Å². The van der Waals surface area contributed by atoms with Crippen LogP contribution < -0.4 is 0 Å². The van der Waals surface area contributed by atoms with Crippen molar-refractivity contribution in [1.82, 2.24) is 0 Å². The zero-order valence-corrected chi connectivity index (χ0v) is 23.0. The minimum Gasteiger partial charge on any atom is -0.0622 e. The second kappa shape index (κ2) is 9.50. The van der Waals surface area contributed by atoms with E-state index in [9.17, 15) is 0 Å². The molecule has 0 atom stereocenters. The molecule has 0 radical (unpaired) electrons. The zero-order chi connectivity index (χ0) is 27.2. The second-order valence-electron chi connectivity index (χ2n) is 11.3. The van der Waals surface area contributed by atoms with Gasteiger partial charge in [-0.2, -0.15) is 0 Å². The SMILES string of the molecule is CC1(C)c2ccccc2-c2ccccc21.c1ccc(C2(c3ccccc3)c3ccccc3-c3ccccc32)cc1. The fourth-order valence-electron chi connectivity index (χ4n) is 7.07. The van der Waals surface area contributed by atoms with E-state index in [2.05, 4.69) is 172 Å². The Kier molecular flexibility index (Phi) is 5.79. The van der Waals surface area contributed by atoms with E-state index in [1.54, 1.807) is 0 Å². The maximum atomic E-state index is 2.30. The van der Waals surface area contributed by atoms with Gasteiger partial charge in [-0.05, 0) is 55.6 Å². The third-order valence-electron chi connectivity index (χ3n) is 8.86. The fourth-order valence-corrected chi connectivity index (χ4v) is 7.07. The van der Waals surface area contributed by atoms with Crippen molar-refractivity contribution >= 4 is 0 Å². The summed E-state index contributed by atoms with van der Waals surface area (Å²) in [6, 6.07) is 56.9. The summed E-state index contributed by atoms with van der Waals surface area (Å²) in [5, 5.41) is 0. The topological polar surface area (TPSA) is 0 Å². The van der Waals surface area contributed by atoms with Crippen LogP contribution in [-0.2, 0) is 10.8 Å². The monoisotopic (exact) mass is 512 g/mol. The first kappa shape index (κ1) is 24.4. The lowest BCUT2D eigenvalue weighted by Gasteiger charge is -2.33. The average Bonchev–Trinajstić information content (AvgIpc) is 3.46. The molecule has 6 aromatic carbocycles. The molecule has 0 bridgehead atoms. The minimum atomic E-state index is -0.254. The van der Waals surface area contributed by atoms with Gasteiger partial charge >= 0.3 is 0 Å². The summed E-state index contributed by atoms with van der Waals surface area (Å²) in [6.07, 6.45) is 0. The average molecular weight is 513 g/mol. The highest BCUT2D eigenvalue weighted by molar-refractivity contribution is 5.86. The van der Waals surface area contributed by atoms with E-state index in [4.69, 9.17) is 0 Å². The van der Waals surface area contributed by atoms with Crippen molar-refractivity contribution in [3.8, 4) is 22.3 Å². The van der Waals surface area contributed by atoms with Gasteiger partial charge in [0.1, 0.15) is 0 Å². The molecule has 0 saturated heterocycles. The largest absolute Gasteiger partial charge is 0.0713 e. The van der Waals surface area contributed by atoms with Gasteiger partial charge in [-0.1, -0.05) is 172 Å². The van der Waals surface area contributed by atoms with Crippen molar-refractivity contribution in [2.45, 2.75) is 24.7 Å². The molecule has 0 amide bonds. The van der Waals surface area contributed by atoms with Gasteiger partial charge in [-0.15, -0.1) is 0 Å². The number of benzene rings is 6. The molecule has 0 heteroatoms. The number of rotatable bonds is 2. The van der Waals surface area contributed by atoms with Gasteiger partial charge in [0.15, 0.2) is 0 Å². The van der Waals surface area contributed by atoms with E-state index in [0.29, 0.717) is 0 Å². The van der Waals surface area contributed by atoms with Crippen molar-refractivity contribution in [2.24, 2.45) is 0 Å². The normalized spacial score (nSPS) is 14.7. The molecule has 2 aliphatic carbocycles. The molecule has 6 aromatic rings. The Morgan fingerprint density at radius 3 is 0.950 bits per heavy atom. The van der Waals surface area contributed by atoms with Crippen LogP contribution in [0.2, 0.25) is 0 Å².